The van der Waals surface area contributed by atoms with Crippen molar-refractivity contribution in [3.05, 3.63) is 72.1 Å². The van der Waals surface area contributed by atoms with Crippen LogP contribution >= 0.6 is 0 Å². The minimum atomic E-state index is -0.614. The third-order valence-electron chi connectivity index (χ3n) is 4.26. The van der Waals surface area contributed by atoms with Gasteiger partial charge in [-0.1, -0.05) is 49.7 Å². The molecule has 27 heavy (non-hydrogen) atoms. The maximum absolute atomic E-state index is 12.3. The highest BCUT2D eigenvalue weighted by Crippen LogP contribution is 2.17. The molecule has 0 saturated heterocycles. The molecule has 3 aromatic rings. The van der Waals surface area contributed by atoms with E-state index in [-0.39, 0.29) is 18.2 Å². The van der Waals surface area contributed by atoms with Crippen LogP contribution in [0.3, 0.4) is 0 Å². The van der Waals surface area contributed by atoms with Crippen LogP contribution in [0.15, 0.2) is 60.8 Å². The molecule has 138 valence electrons. The van der Waals surface area contributed by atoms with E-state index >= 15 is 0 Å². The molecule has 2 aromatic carbocycles. The molecule has 0 aliphatic carbocycles. The van der Waals surface area contributed by atoms with E-state index in [1.54, 1.807) is 12.3 Å². The fraction of sp³-hybridized carbons (Fsp3) is 0.227. The molecule has 1 aromatic heterocycles. The van der Waals surface area contributed by atoms with Crippen LogP contribution in [0.2, 0.25) is 0 Å². The van der Waals surface area contributed by atoms with Gasteiger partial charge in [0.2, 0.25) is 0 Å². The monoisotopic (exact) mass is 362 g/mol. The molecule has 5 heteroatoms. The van der Waals surface area contributed by atoms with Gasteiger partial charge >= 0.3 is 5.97 Å². The zero-order valence-electron chi connectivity index (χ0n) is 15.3. The maximum atomic E-state index is 12.3. The summed E-state index contributed by atoms with van der Waals surface area (Å²) < 4.78 is 5.13. The van der Waals surface area contributed by atoms with E-state index in [4.69, 9.17) is 4.74 Å². The third kappa shape index (κ3) is 4.91. The van der Waals surface area contributed by atoms with Crippen molar-refractivity contribution in [3.8, 4) is 0 Å². The van der Waals surface area contributed by atoms with Crippen LogP contribution in [0.5, 0.6) is 0 Å². The minimum Gasteiger partial charge on any atom is -0.451 e. The van der Waals surface area contributed by atoms with Gasteiger partial charge in [-0.05, 0) is 42.0 Å². The summed E-state index contributed by atoms with van der Waals surface area (Å²) in [5.74, 6) is -0.998. The van der Waals surface area contributed by atoms with Crippen LogP contribution in [0.1, 0.15) is 35.8 Å². The number of carbonyl (C=O) groups is 2. The van der Waals surface area contributed by atoms with Gasteiger partial charge in [-0.2, -0.15) is 0 Å². The molecule has 0 aliphatic heterocycles. The van der Waals surface area contributed by atoms with E-state index in [0.717, 1.165) is 24.6 Å². The summed E-state index contributed by atoms with van der Waals surface area (Å²) in [4.78, 5) is 28.5. The number of amides is 1. The molecule has 1 heterocycles. The third-order valence-corrected chi connectivity index (χ3v) is 4.26. The van der Waals surface area contributed by atoms with Crippen LogP contribution in [0, 0.1) is 0 Å². The molecule has 0 aliphatic rings. The first-order valence-electron chi connectivity index (χ1n) is 9.07. The molecule has 0 unspecified atom stereocenters. The van der Waals surface area contributed by atoms with Crippen molar-refractivity contribution in [2.75, 3.05) is 11.9 Å². The SMILES string of the molecule is CCCCc1ccc(NC(=O)COC(=O)c2nccc3ccccc23)cc1. The van der Waals surface area contributed by atoms with Crippen molar-refractivity contribution in [2.24, 2.45) is 0 Å². The van der Waals surface area contributed by atoms with Crippen molar-refractivity contribution < 1.29 is 14.3 Å². The van der Waals surface area contributed by atoms with E-state index in [1.807, 2.05) is 48.5 Å². The molecule has 0 spiro atoms. The highest BCUT2D eigenvalue weighted by atomic mass is 16.5. The van der Waals surface area contributed by atoms with Crippen molar-refractivity contribution in [1.29, 1.82) is 0 Å². The predicted molar refractivity (Wildman–Crippen MR) is 106 cm³/mol. The Hall–Kier alpha value is -3.21. The van der Waals surface area contributed by atoms with E-state index in [2.05, 4.69) is 17.2 Å². The van der Waals surface area contributed by atoms with Crippen LogP contribution in [0.4, 0.5) is 5.69 Å². The zero-order chi connectivity index (χ0) is 19.1. The number of nitrogens with one attached hydrogen (secondary N) is 1. The fourth-order valence-corrected chi connectivity index (χ4v) is 2.81. The standard InChI is InChI=1S/C22H22N2O3/c1-2-3-6-16-9-11-18(12-10-16)24-20(25)15-27-22(26)21-19-8-5-4-7-17(19)13-14-23-21/h4-5,7-14H,2-3,6,15H2,1H3,(H,24,25). The Morgan fingerprint density at radius 3 is 2.59 bits per heavy atom. The molecule has 5 nitrogen and oxygen atoms in total. The summed E-state index contributed by atoms with van der Waals surface area (Å²) in [5.41, 5.74) is 2.13. The summed E-state index contributed by atoms with van der Waals surface area (Å²) in [6.07, 6.45) is 4.87. The smallest absolute Gasteiger partial charge is 0.358 e. The van der Waals surface area contributed by atoms with Gasteiger partial charge in [0.25, 0.3) is 5.91 Å². The molecule has 0 fully saturated rings. The van der Waals surface area contributed by atoms with Gasteiger partial charge in [0, 0.05) is 17.3 Å². The number of unbranched alkanes of at least 4 members (excludes halogenated alkanes) is 1. The number of hydrogen-bond acceptors (Lipinski definition) is 4. The zero-order valence-corrected chi connectivity index (χ0v) is 15.3. The second-order valence-electron chi connectivity index (χ2n) is 6.31. The van der Waals surface area contributed by atoms with E-state index < -0.39 is 5.97 Å². The summed E-state index contributed by atoms with van der Waals surface area (Å²) in [5, 5.41) is 4.33. The number of nitrogens with zero attached hydrogens (tertiary/aromatic N) is 1. The largest absolute Gasteiger partial charge is 0.451 e. The number of aryl methyl sites for hydroxylation is 1. The van der Waals surface area contributed by atoms with Crippen molar-refractivity contribution >= 4 is 28.3 Å². The number of esters is 1. The maximum Gasteiger partial charge on any atom is 0.358 e. The fourth-order valence-electron chi connectivity index (χ4n) is 2.81. The normalized spacial score (nSPS) is 10.6. The number of ether oxygens (including phenoxy) is 1. The number of carbonyl (C=O) groups excluding carboxylic acids is 2. The summed E-state index contributed by atoms with van der Waals surface area (Å²) >= 11 is 0. The highest BCUT2D eigenvalue weighted by molar-refractivity contribution is 6.03. The van der Waals surface area contributed by atoms with Gasteiger partial charge in [-0.3, -0.25) is 4.79 Å². The van der Waals surface area contributed by atoms with Gasteiger partial charge in [0.15, 0.2) is 12.3 Å². The van der Waals surface area contributed by atoms with Crippen LogP contribution in [0.25, 0.3) is 10.8 Å². The van der Waals surface area contributed by atoms with Crippen molar-refractivity contribution in [2.45, 2.75) is 26.2 Å². The summed E-state index contributed by atoms with van der Waals surface area (Å²) in [6, 6.07) is 16.9. The molecule has 1 amide bonds. The molecule has 0 atom stereocenters. The molecule has 0 radical (unpaired) electrons. The Kier molecular flexibility index (Phi) is 6.15. The van der Waals surface area contributed by atoms with E-state index in [9.17, 15) is 9.59 Å². The first-order chi connectivity index (χ1) is 13.2. The number of hydrogen-bond donors (Lipinski definition) is 1. The summed E-state index contributed by atoms with van der Waals surface area (Å²) in [7, 11) is 0. The van der Waals surface area contributed by atoms with Crippen molar-refractivity contribution in [1.82, 2.24) is 4.98 Å². The first-order valence-corrected chi connectivity index (χ1v) is 9.07. The average Bonchev–Trinajstić information content (AvgIpc) is 2.71. The van der Waals surface area contributed by atoms with Gasteiger partial charge in [0.05, 0.1) is 0 Å². The molecule has 3 rings (SSSR count). The van der Waals surface area contributed by atoms with E-state index in [1.165, 1.54) is 5.56 Å². The van der Waals surface area contributed by atoms with Gasteiger partial charge in [-0.15, -0.1) is 0 Å². The van der Waals surface area contributed by atoms with Gasteiger partial charge in [-0.25, -0.2) is 9.78 Å². The Bertz CT molecular complexity index is 930. The molecular formula is C22H22N2O3. The molecule has 0 saturated carbocycles. The Morgan fingerprint density at radius 1 is 1.04 bits per heavy atom. The second-order valence-corrected chi connectivity index (χ2v) is 6.31. The molecular weight excluding hydrogens is 340 g/mol. The van der Waals surface area contributed by atoms with Crippen LogP contribution in [-0.4, -0.2) is 23.5 Å². The lowest BCUT2D eigenvalue weighted by atomic mass is 10.1. The molecule has 1 N–H and O–H groups in total. The van der Waals surface area contributed by atoms with E-state index in [0.29, 0.717) is 11.1 Å². The minimum absolute atomic E-state index is 0.209. The van der Waals surface area contributed by atoms with Gasteiger partial charge < -0.3 is 10.1 Å². The van der Waals surface area contributed by atoms with Crippen molar-refractivity contribution in [3.63, 3.8) is 0 Å². The number of fused-ring (bicyclic) bond motifs is 1. The Labute approximate surface area is 158 Å². The Morgan fingerprint density at radius 2 is 1.81 bits per heavy atom. The predicted octanol–water partition coefficient (Wildman–Crippen LogP) is 4.37. The quantitative estimate of drug-likeness (QED) is 0.634. The number of pyridine rings is 1. The van der Waals surface area contributed by atoms with Crippen LogP contribution < -0.4 is 5.32 Å². The number of benzene rings is 2. The average molecular weight is 362 g/mol. The lowest BCUT2D eigenvalue weighted by molar-refractivity contribution is -0.119. The topological polar surface area (TPSA) is 68.3 Å². The second kappa shape index (κ2) is 8.94. The number of rotatable bonds is 7. The lowest BCUT2D eigenvalue weighted by Crippen LogP contribution is -2.21. The summed E-state index contributed by atoms with van der Waals surface area (Å²) in [6.45, 7) is 1.80. The molecule has 0 bridgehead atoms. The van der Waals surface area contributed by atoms with Gasteiger partial charge in [0.1, 0.15) is 0 Å². The van der Waals surface area contributed by atoms with Crippen LogP contribution in [-0.2, 0) is 16.0 Å². The highest BCUT2D eigenvalue weighted by Gasteiger charge is 2.14. The number of aromatic nitrogens is 1. The number of anilines is 1. The Balaban J connectivity index is 1.56. The lowest BCUT2D eigenvalue weighted by Gasteiger charge is -2.08. The first kappa shape index (κ1) is 18.6.